The van der Waals surface area contributed by atoms with Gasteiger partial charge >= 0.3 is 0 Å². The van der Waals surface area contributed by atoms with E-state index in [0.717, 1.165) is 5.56 Å². The molecular formula is C18H16O5. The van der Waals surface area contributed by atoms with Gasteiger partial charge in [0, 0.05) is 12.1 Å². The van der Waals surface area contributed by atoms with Gasteiger partial charge in [0.15, 0.2) is 11.9 Å². The second-order valence-electron chi connectivity index (χ2n) is 5.57. The minimum Gasteiger partial charge on any atom is -0.507 e. The highest BCUT2D eigenvalue weighted by molar-refractivity contribution is 5.94. The molecule has 0 saturated carbocycles. The van der Waals surface area contributed by atoms with Crippen LogP contribution in [0.15, 0.2) is 39.5 Å². The third-order valence-electron chi connectivity index (χ3n) is 3.84. The minimum absolute atomic E-state index is 0.103. The first-order valence-corrected chi connectivity index (χ1v) is 7.24. The van der Waals surface area contributed by atoms with Crippen LogP contribution in [0.25, 0.3) is 21.9 Å². The fraction of sp³-hybridized carbons (Fsp3) is 0.222. The number of hydrogen-bond acceptors (Lipinski definition) is 5. The summed E-state index contributed by atoms with van der Waals surface area (Å²) >= 11 is 0. The van der Waals surface area contributed by atoms with Crippen LogP contribution >= 0.6 is 0 Å². The standard InChI is InChI=1S/C18H16O5/c1-9-5-4-6-13-17(21)16-14(20)7-12(22-11(3)10(2)19)8-15(16)23-18(9)13/h4-8,11,20H,1-3H3. The lowest BCUT2D eigenvalue weighted by atomic mass is 10.1. The van der Waals surface area contributed by atoms with Crippen molar-refractivity contribution >= 4 is 27.7 Å². The van der Waals surface area contributed by atoms with E-state index in [1.807, 2.05) is 13.0 Å². The van der Waals surface area contributed by atoms with Crippen molar-refractivity contribution in [1.82, 2.24) is 0 Å². The summed E-state index contributed by atoms with van der Waals surface area (Å²) in [5.74, 6) is -0.0976. The van der Waals surface area contributed by atoms with E-state index in [1.165, 1.54) is 19.1 Å². The highest BCUT2D eigenvalue weighted by Crippen LogP contribution is 2.31. The normalized spacial score (nSPS) is 12.5. The second-order valence-corrected chi connectivity index (χ2v) is 5.57. The van der Waals surface area contributed by atoms with Gasteiger partial charge in [-0.3, -0.25) is 9.59 Å². The van der Waals surface area contributed by atoms with Crippen LogP contribution in [-0.4, -0.2) is 17.0 Å². The molecule has 0 aliphatic carbocycles. The summed E-state index contributed by atoms with van der Waals surface area (Å²) in [5.41, 5.74) is 1.22. The van der Waals surface area contributed by atoms with Crippen LogP contribution in [0.4, 0.5) is 0 Å². The first-order chi connectivity index (χ1) is 10.9. The Morgan fingerprint density at radius 1 is 1.30 bits per heavy atom. The molecule has 0 spiro atoms. The maximum Gasteiger partial charge on any atom is 0.204 e. The average Bonchev–Trinajstić information content (AvgIpc) is 2.48. The Labute approximate surface area is 132 Å². The van der Waals surface area contributed by atoms with Crippen LogP contribution in [-0.2, 0) is 4.79 Å². The average molecular weight is 312 g/mol. The molecule has 0 fully saturated rings. The molecule has 118 valence electrons. The summed E-state index contributed by atoms with van der Waals surface area (Å²) in [6.45, 7) is 4.88. The Morgan fingerprint density at radius 3 is 2.74 bits per heavy atom. The van der Waals surface area contributed by atoms with Crippen molar-refractivity contribution in [3.63, 3.8) is 0 Å². The van der Waals surface area contributed by atoms with Crippen molar-refractivity contribution in [3.05, 3.63) is 46.1 Å². The Bertz CT molecular complexity index is 984. The highest BCUT2D eigenvalue weighted by atomic mass is 16.5. The van der Waals surface area contributed by atoms with Gasteiger partial charge < -0.3 is 14.3 Å². The number of carbonyl (C=O) groups excluding carboxylic acids is 1. The molecule has 0 aliphatic heterocycles. The lowest BCUT2D eigenvalue weighted by Gasteiger charge is -2.13. The first kappa shape index (κ1) is 15.1. The van der Waals surface area contributed by atoms with Crippen molar-refractivity contribution in [1.29, 1.82) is 0 Å². The molecule has 3 aromatic rings. The van der Waals surface area contributed by atoms with Gasteiger partial charge in [0.05, 0.1) is 5.39 Å². The number of aryl methyl sites for hydroxylation is 1. The molecule has 2 aromatic carbocycles. The van der Waals surface area contributed by atoms with Crippen molar-refractivity contribution < 1.29 is 19.1 Å². The molecule has 1 atom stereocenters. The summed E-state index contributed by atoms with van der Waals surface area (Å²) in [4.78, 5) is 23.9. The highest BCUT2D eigenvalue weighted by Gasteiger charge is 2.16. The first-order valence-electron chi connectivity index (χ1n) is 7.24. The topological polar surface area (TPSA) is 76.7 Å². The molecule has 3 rings (SSSR count). The number of phenols is 1. The number of ketones is 1. The van der Waals surface area contributed by atoms with Gasteiger partial charge in [-0.15, -0.1) is 0 Å². The van der Waals surface area contributed by atoms with Crippen LogP contribution in [0.3, 0.4) is 0 Å². The van der Waals surface area contributed by atoms with Gasteiger partial charge in [0.2, 0.25) is 5.43 Å². The van der Waals surface area contributed by atoms with Crippen molar-refractivity contribution in [2.45, 2.75) is 26.9 Å². The van der Waals surface area contributed by atoms with Crippen molar-refractivity contribution in [2.24, 2.45) is 0 Å². The summed E-state index contributed by atoms with van der Waals surface area (Å²) in [6.07, 6.45) is -0.652. The van der Waals surface area contributed by atoms with Gasteiger partial charge in [-0.2, -0.15) is 0 Å². The zero-order chi connectivity index (χ0) is 16.7. The van der Waals surface area contributed by atoms with Gasteiger partial charge in [-0.1, -0.05) is 12.1 Å². The third-order valence-corrected chi connectivity index (χ3v) is 3.84. The summed E-state index contributed by atoms with van der Waals surface area (Å²) < 4.78 is 11.3. The fourth-order valence-corrected chi connectivity index (χ4v) is 2.45. The summed E-state index contributed by atoms with van der Waals surface area (Å²) in [7, 11) is 0. The van der Waals surface area contributed by atoms with E-state index in [4.69, 9.17) is 9.15 Å². The molecule has 0 amide bonds. The number of Topliss-reactive ketones (excluding diaryl/α,β-unsaturated/α-hetero) is 1. The Balaban J connectivity index is 2.28. The Kier molecular flexibility index (Phi) is 3.56. The molecule has 0 saturated heterocycles. The number of phenolic OH excluding ortho intramolecular Hbond substituents is 1. The van der Waals surface area contributed by atoms with Gasteiger partial charge in [0.25, 0.3) is 0 Å². The SMILES string of the molecule is CC(=O)C(C)Oc1cc(O)c2c(=O)c3cccc(C)c3oc2c1. The number of carbonyl (C=O) groups is 1. The van der Waals surface area contributed by atoms with Crippen LogP contribution < -0.4 is 10.2 Å². The van der Waals surface area contributed by atoms with Crippen LogP contribution in [0.1, 0.15) is 19.4 Å². The molecule has 1 N–H and O–H groups in total. The lowest BCUT2D eigenvalue weighted by Crippen LogP contribution is -2.20. The molecule has 23 heavy (non-hydrogen) atoms. The molecule has 1 aromatic heterocycles. The van der Waals surface area contributed by atoms with Crippen molar-refractivity contribution in [2.75, 3.05) is 0 Å². The van der Waals surface area contributed by atoms with E-state index in [0.29, 0.717) is 11.0 Å². The number of benzene rings is 2. The van der Waals surface area contributed by atoms with Gasteiger partial charge in [-0.05, 0) is 32.4 Å². The van der Waals surface area contributed by atoms with Crippen LogP contribution in [0.2, 0.25) is 0 Å². The lowest BCUT2D eigenvalue weighted by molar-refractivity contribution is -0.122. The van der Waals surface area contributed by atoms with E-state index in [-0.39, 0.29) is 33.7 Å². The Hall–Kier alpha value is -2.82. The molecular weight excluding hydrogens is 296 g/mol. The monoisotopic (exact) mass is 312 g/mol. The predicted octanol–water partition coefficient (Wildman–Crippen LogP) is 3.32. The molecule has 1 heterocycles. The van der Waals surface area contributed by atoms with Gasteiger partial charge in [0.1, 0.15) is 28.1 Å². The Morgan fingerprint density at radius 2 is 2.04 bits per heavy atom. The minimum atomic E-state index is -0.652. The maximum absolute atomic E-state index is 12.6. The molecule has 0 radical (unpaired) electrons. The van der Waals surface area contributed by atoms with E-state index < -0.39 is 6.10 Å². The number of aromatic hydroxyl groups is 1. The smallest absolute Gasteiger partial charge is 0.204 e. The van der Waals surface area contributed by atoms with E-state index >= 15 is 0 Å². The molecule has 0 aliphatic rings. The summed E-state index contributed by atoms with van der Waals surface area (Å²) in [6, 6.07) is 8.11. The van der Waals surface area contributed by atoms with Crippen LogP contribution in [0, 0.1) is 6.92 Å². The fourth-order valence-electron chi connectivity index (χ4n) is 2.45. The molecule has 1 unspecified atom stereocenters. The van der Waals surface area contributed by atoms with Gasteiger partial charge in [-0.25, -0.2) is 0 Å². The largest absolute Gasteiger partial charge is 0.507 e. The number of hydrogen-bond donors (Lipinski definition) is 1. The maximum atomic E-state index is 12.6. The second kappa shape index (κ2) is 5.43. The number of para-hydroxylation sites is 1. The zero-order valence-electron chi connectivity index (χ0n) is 13.0. The molecule has 0 bridgehead atoms. The quantitative estimate of drug-likeness (QED) is 0.751. The molecule has 5 heteroatoms. The summed E-state index contributed by atoms with van der Waals surface area (Å²) in [5, 5.41) is 10.7. The van der Waals surface area contributed by atoms with E-state index in [2.05, 4.69) is 0 Å². The van der Waals surface area contributed by atoms with E-state index in [9.17, 15) is 14.7 Å². The zero-order valence-corrected chi connectivity index (χ0v) is 13.0. The number of fused-ring (bicyclic) bond motifs is 2. The number of ether oxygens (including phenoxy) is 1. The van der Waals surface area contributed by atoms with E-state index in [1.54, 1.807) is 19.1 Å². The predicted molar refractivity (Wildman–Crippen MR) is 87.2 cm³/mol. The van der Waals surface area contributed by atoms with Crippen molar-refractivity contribution in [3.8, 4) is 11.5 Å². The third kappa shape index (κ3) is 2.54. The van der Waals surface area contributed by atoms with Crippen LogP contribution in [0.5, 0.6) is 11.5 Å². The molecule has 5 nitrogen and oxygen atoms in total. The number of rotatable bonds is 3.